The lowest BCUT2D eigenvalue weighted by Crippen LogP contribution is -2.52. The van der Waals surface area contributed by atoms with Crippen LogP contribution in [0.4, 0.5) is 0 Å². The summed E-state index contributed by atoms with van der Waals surface area (Å²) >= 11 is 0. The van der Waals surface area contributed by atoms with E-state index >= 15 is 0 Å². The van der Waals surface area contributed by atoms with Gasteiger partial charge in [0.05, 0.1) is 13.7 Å². The molecule has 0 bridgehead atoms. The molecular weight excluding hydrogens is 348 g/mol. The van der Waals surface area contributed by atoms with Crippen molar-refractivity contribution in [2.24, 2.45) is 0 Å². The summed E-state index contributed by atoms with van der Waals surface area (Å²) in [6.07, 6.45) is 0.789. The van der Waals surface area contributed by atoms with Crippen molar-refractivity contribution in [3.63, 3.8) is 0 Å². The highest BCUT2D eigenvalue weighted by molar-refractivity contribution is 5.36. The molecule has 0 radical (unpaired) electrons. The Morgan fingerprint density at radius 2 is 1.96 bits per heavy atom. The maximum Gasteiger partial charge on any atom is 0.121 e. The van der Waals surface area contributed by atoms with Gasteiger partial charge in [0.25, 0.3) is 0 Å². The SMILES string of the molecule is COc1ccc(CN2CCN(CC#Cc3ccccc3)C[C@@H]2CCO)cc1C. The van der Waals surface area contributed by atoms with Crippen molar-refractivity contribution in [2.45, 2.75) is 25.9 Å². The summed E-state index contributed by atoms with van der Waals surface area (Å²) < 4.78 is 5.37. The summed E-state index contributed by atoms with van der Waals surface area (Å²) in [6.45, 7) is 6.90. The second-order valence-corrected chi connectivity index (χ2v) is 7.34. The van der Waals surface area contributed by atoms with Gasteiger partial charge < -0.3 is 9.84 Å². The molecule has 3 rings (SSSR count). The van der Waals surface area contributed by atoms with Gasteiger partial charge in [0.2, 0.25) is 0 Å². The number of rotatable bonds is 6. The lowest BCUT2D eigenvalue weighted by Gasteiger charge is -2.41. The third-order valence-electron chi connectivity index (χ3n) is 5.31. The molecule has 0 aromatic heterocycles. The van der Waals surface area contributed by atoms with Gasteiger partial charge in [0.15, 0.2) is 0 Å². The van der Waals surface area contributed by atoms with Crippen LogP contribution in [0, 0.1) is 18.8 Å². The van der Waals surface area contributed by atoms with Crippen LogP contribution in [0.2, 0.25) is 0 Å². The van der Waals surface area contributed by atoms with Crippen LogP contribution in [0.1, 0.15) is 23.1 Å². The van der Waals surface area contributed by atoms with Crippen molar-refractivity contribution in [1.82, 2.24) is 9.80 Å². The molecule has 0 amide bonds. The first kappa shape index (κ1) is 20.4. The second kappa shape index (κ2) is 10.3. The van der Waals surface area contributed by atoms with Crippen molar-refractivity contribution in [3.05, 3.63) is 65.2 Å². The number of aliphatic hydroxyl groups is 1. The molecule has 1 N–H and O–H groups in total. The Balaban J connectivity index is 1.59. The van der Waals surface area contributed by atoms with Crippen LogP contribution >= 0.6 is 0 Å². The Kier molecular flexibility index (Phi) is 7.50. The molecule has 1 fully saturated rings. The standard InChI is InChI=1S/C24H30N2O2/c1-20-17-22(10-11-24(20)28-2)18-26-15-14-25(19-23(26)12-16-27)13-6-9-21-7-4-3-5-8-21/h3-5,7-8,10-11,17,23,27H,12-16,18-19H2,1-2H3/t23-/m0/s1. The van der Waals surface area contributed by atoms with Crippen molar-refractivity contribution < 1.29 is 9.84 Å². The fourth-order valence-electron chi connectivity index (χ4n) is 3.78. The fraction of sp³-hybridized carbons (Fsp3) is 0.417. The van der Waals surface area contributed by atoms with E-state index in [4.69, 9.17) is 4.74 Å². The lowest BCUT2D eigenvalue weighted by atomic mass is 10.1. The predicted octanol–water partition coefficient (Wildman–Crippen LogP) is 2.92. The van der Waals surface area contributed by atoms with Crippen LogP contribution in [0.15, 0.2) is 48.5 Å². The van der Waals surface area contributed by atoms with E-state index < -0.39 is 0 Å². The van der Waals surface area contributed by atoms with Crippen LogP contribution in [0.5, 0.6) is 5.75 Å². The van der Waals surface area contributed by atoms with E-state index in [0.29, 0.717) is 6.04 Å². The highest BCUT2D eigenvalue weighted by atomic mass is 16.5. The predicted molar refractivity (Wildman–Crippen MR) is 113 cm³/mol. The summed E-state index contributed by atoms with van der Waals surface area (Å²) in [5.74, 6) is 7.47. The number of ether oxygens (including phenoxy) is 1. The summed E-state index contributed by atoms with van der Waals surface area (Å²) in [7, 11) is 1.71. The van der Waals surface area contributed by atoms with Crippen LogP contribution < -0.4 is 4.74 Å². The zero-order valence-electron chi connectivity index (χ0n) is 16.9. The van der Waals surface area contributed by atoms with Gasteiger partial charge in [-0.15, -0.1) is 0 Å². The summed E-state index contributed by atoms with van der Waals surface area (Å²) in [4.78, 5) is 4.88. The summed E-state index contributed by atoms with van der Waals surface area (Å²) in [6, 6.07) is 16.8. The van der Waals surface area contributed by atoms with E-state index in [1.807, 2.05) is 36.4 Å². The van der Waals surface area contributed by atoms with Crippen molar-refractivity contribution in [1.29, 1.82) is 0 Å². The summed E-state index contributed by atoms with van der Waals surface area (Å²) in [5.41, 5.74) is 3.51. The molecule has 1 aliphatic rings. The molecule has 1 aliphatic heterocycles. The van der Waals surface area contributed by atoms with E-state index in [1.54, 1.807) is 7.11 Å². The maximum absolute atomic E-state index is 9.54. The molecule has 0 unspecified atom stereocenters. The number of aliphatic hydroxyl groups excluding tert-OH is 1. The van der Waals surface area contributed by atoms with Gasteiger partial charge in [-0.1, -0.05) is 42.2 Å². The van der Waals surface area contributed by atoms with Crippen molar-refractivity contribution >= 4 is 0 Å². The molecule has 2 aromatic carbocycles. The number of nitrogens with zero attached hydrogens (tertiary/aromatic N) is 2. The van der Waals surface area contributed by atoms with E-state index in [1.165, 1.54) is 5.56 Å². The smallest absolute Gasteiger partial charge is 0.121 e. The normalized spacial score (nSPS) is 17.8. The Labute approximate surface area is 168 Å². The zero-order valence-corrected chi connectivity index (χ0v) is 16.9. The monoisotopic (exact) mass is 378 g/mol. The van der Waals surface area contributed by atoms with E-state index in [2.05, 4.69) is 40.7 Å². The van der Waals surface area contributed by atoms with Crippen molar-refractivity contribution in [3.8, 4) is 17.6 Å². The van der Waals surface area contributed by atoms with Gasteiger partial charge in [-0.2, -0.15) is 0 Å². The topological polar surface area (TPSA) is 35.9 Å². The minimum atomic E-state index is 0.215. The first-order chi connectivity index (χ1) is 13.7. The van der Waals surface area contributed by atoms with Crippen LogP contribution in [-0.4, -0.2) is 60.8 Å². The number of hydrogen-bond acceptors (Lipinski definition) is 4. The average Bonchev–Trinajstić information content (AvgIpc) is 2.71. The number of hydrogen-bond donors (Lipinski definition) is 1. The Morgan fingerprint density at radius 3 is 2.68 bits per heavy atom. The average molecular weight is 379 g/mol. The molecule has 1 heterocycles. The Morgan fingerprint density at radius 1 is 1.14 bits per heavy atom. The van der Waals surface area contributed by atoms with E-state index in [-0.39, 0.29) is 6.61 Å². The molecular formula is C24H30N2O2. The zero-order chi connectivity index (χ0) is 19.8. The minimum Gasteiger partial charge on any atom is -0.496 e. The van der Waals surface area contributed by atoms with Crippen LogP contribution in [-0.2, 0) is 6.54 Å². The van der Waals surface area contributed by atoms with E-state index in [0.717, 1.165) is 56.0 Å². The molecule has 1 saturated heterocycles. The Bertz CT molecular complexity index is 810. The highest BCUT2D eigenvalue weighted by Gasteiger charge is 2.26. The second-order valence-electron chi connectivity index (χ2n) is 7.34. The molecule has 0 aliphatic carbocycles. The van der Waals surface area contributed by atoms with Crippen LogP contribution in [0.3, 0.4) is 0 Å². The molecule has 4 nitrogen and oxygen atoms in total. The van der Waals surface area contributed by atoms with Gasteiger partial charge in [-0.3, -0.25) is 9.80 Å². The number of piperazine rings is 1. The number of methoxy groups -OCH3 is 1. The lowest BCUT2D eigenvalue weighted by molar-refractivity contribution is 0.0605. The number of benzene rings is 2. The van der Waals surface area contributed by atoms with Gasteiger partial charge in [-0.25, -0.2) is 0 Å². The molecule has 0 saturated carbocycles. The van der Waals surface area contributed by atoms with Gasteiger partial charge in [0.1, 0.15) is 5.75 Å². The Hall–Kier alpha value is -2.32. The molecule has 2 aromatic rings. The van der Waals surface area contributed by atoms with Crippen molar-refractivity contribution in [2.75, 3.05) is 39.9 Å². The minimum absolute atomic E-state index is 0.215. The van der Waals surface area contributed by atoms with Gasteiger partial charge in [0, 0.05) is 44.4 Å². The first-order valence-electron chi connectivity index (χ1n) is 9.94. The third kappa shape index (κ3) is 5.59. The maximum atomic E-state index is 9.54. The molecule has 4 heteroatoms. The molecule has 28 heavy (non-hydrogen) atoms. The van der Waals surface area contributed by atoms with E-state index in [9.17, 15) is 5.11 Å². The van der Waals surface area contributed by atoms with Gasteiger partial charge in [-0.05, 0) is 42.7 Å². The fourth-order valence-corrected chi connectivity index (χ4v) is 3.78. The summed E-state index contributed by atoms with van der Waals surface area (Å²) in [5, 5.41) is 9.54. The first-order valence-corrected chi connectivity index (χ1v) is 9.94. The number of aryl methyl sites for hydroxylation is 1. The third-order valence-corrected chi connectivity index (χ3v) is 5.31. The van der Waals surface area contributed by atoms with Crippen LogP contribution in [0.25, 0.3) is 0 Å². The molecule has 148 valence electrons. The van der Waals surface area contributed by atoms with Gasteiger partial charge >= 0.3 is 0 Å². The highest BCUT2D eigenvalue weighted by Crippen LogP contribution is 2.22. The largest absolute Gasteiger partial charge is 0.496 e. The molecule has 0 spiro atoms. The molecule has 1 atom stereocenters. The quantitative estimate of drug-likeness (QED) is 0.784.